The van der Waals surface area contributed by atoms with E-state index in [9.17, 15) is 0 Å². The molecule has 0 amide bonds. The molecule has 10 aromatic carbocycles. The third kappa shape index (κ3) is 5.49. The van der Waals surface area contributed by atoms with Crippen molar-refractivity contribution in [3.8, 4) is 45.0 Å². The second-order valence-electron chi connectivity index (χ2n) is 16.9. The lowest BCUT2D eigenvalue weighted by atomic mass is 9.96. The molecule has 65 heavy (non-hydrogen) atoms. The van der Waals surface area contributed by atoms with E-state index in [2.05, 4.69) is 228 Å². The lowest BCUT2D eigenvalue weighted by molar-refractivity contribution is 1.18. The van der Waals surface area contributed by atoms with Gasteiger partial charge in [0, 0.05) is 53.8 Å². The van der Waals surface area contributed by atoms with Crippen LogP contribution in [0.2, 0.25) is 0 Å². The van der Waals surface area contributed by atoms with Gasteiger partial charge < -0.3 is 9.13 Å². The second-order valence-corrected chi connectivity index (χ2v) is 18.0. The van der Waals surface area contributed by atoms with Gasteiger partial charge in [0.25, 0.3) is 0 Å². The van der Waals surface area contributed by atoms with Gasteiger partial charge in [-0.1, -0.05) is 158 Å². The number of benzene rings is 10. The summed E-state index contributed by atoms with van der Waals surface area (Å²) >= 11 is 1.72. The van der Waals surface area contributed by atoms with E-state index in [4.69, 9.17) is 9.97 Å². The van der Waals surface area contributed by atoms with Crippen LogP contribution in [0.1, 0.15) is 0 Å². The summed E-state index contributed by atoms with van der Waals surface area (Å²) in [6.45, 7) is 0. The van der Waals surface area contributed by atoms with Crippen molar-refractivity contribution in [2.24, 2.45) is 0 Å². The highest BCUT2D eigenvalue weighted by atomic mass is 32.1. The van der Waals surface area contributed by atoms with Gasteiger partial charge >= 0.3 is 0 Å². The summed E-state index contributed by atoms with van der Waals surface area (Å²) in [6, 6.07) is 79.1. The molecule has 0 saturated heterocycles. The normalized spacial score (nSPS) is 12.0. The van der Waals surface area contributed by atoms with Gasteiger partial charge in [0.05, 0.1) is 39.1 Å². The van der Waals surface area contributed by atoms with Gasteiger partial charge in [-0.3, -0.25) is 0 Å². The molecule has 14 rings (SSSR count). The van der Waals surface area contributed by atoms with E-state index in [-0.39, 0.29) is 0 Å². The fourth-order valence-electron chi connectivity index (χ4n) is 10.4. The zero-order valence-electron chi connectivity index (χ0n) is 35.0. The third-order valence-electron chi connectivity index (χ3n) is 13.3. The number of fused-ring (bicyclic) bond motifs is 11. The van der Waals surface area contributed by atoms with Crippen molar-refractivity contribution >= 4 is 96.9 Å². The van der Waals surface area contributed by atoms with Gasteiger partial charge in [0.15, 0.2) is 0 Å². The van der Waals surface area contributed by atoms with E-state index in [0.29, 0.717) is 0 Å². The molecule has 0 unspecified atom stereocenters. The molecule has 0 N–H and O–H groups in total. The average Bonchev–Trinajstić information content (AvgIpc) is 4.02. The van der Waals surface area contributed by atoms with Crippen molar-refractivity contribution in [2.75, 3.05) is 0 Å². The van der Waals surface area contributed by atoms with E-state index >= 15 is 0 Å². The first kappa shape index (κ1) is 36.1. The molecule has 0 saturated carbocycles. The lowest BCUT2D eigenvalue weighted by Crippen LogP contribution is -1.99. The Labute approximate surface area is 377 Å². The van der Waals surface area contributed by atoms with Crippen LogP contribution in [0.15, 0.2) is 218 Å². The maximum atomic E-state index is 5.79. The Bertz CT molecular complexity index is 4240. The number of aromatic nitrogens is 4. The molecular weight excluding hydrogens is 809 g/mol. The Morgan fingerprint density at radius 1 is 0.354 bits per heavy atom. The second kappa shape index (κ2) is 14.1. The van der Waals surface area contributed by atoms with Gasteiger partial charge in [-0.15, -0.1) is 11.3 Å². The summed E-state index contributed by atoms with van der Waals surface area (Å²) in [5.74, 6) is 0. The fourth-order valence-corrected chi connectivity index (χ4v) is 11.4. The van der Waals surface area contributed by atoms with Crippen molar-refractivity contribution in [1.29, 1.82) is 0 Å². The predicted molar refractivity (Wildman–Crippen MR) is 275 cm³/mol. The van der Waals surface area contributed by atoms with Crippen molar-refractivity contribution < 1.29 is 0 Å². The first-order valence-electron chi connectivity index (χ1n) is 22.1. The molecule has 4 heterocycles. The summed E-state index contributed by atoms with van der Waals surface area (Å²) in [7, 11) is 0. The van der Waals surface area contributed by atoms with Crippen LogP contribution in [0.25, 0.3) is 131 Å². The number of hydrogen-bond acceptors (Lipinski definition) is 3. The maximum Gasteiger partial charge on any atom is 0.143 e. The van der Waals surface area contributed by atoms with Crippen LogP contribution >= 0.6 is 11.3 Å². The Hall–Kier alpha value is -8.38. The van der Waals surface area contributed by atoms with E-state index in [0.717, 1.165) is 71.4 Å². The van der Waals surface area contributed by atoms with Crippen molar-refractivity contribution in [2.45, 2.75) is 0 Å². The molecule has 5 heteroatoms. The number of thiophene rings is 1. The number of para-hydroxylation sites is 3. The topological polar surface area (TPSA) is 35.6 Å². The highest BCUT2D eigenvalue weighted by molar-refractivity contribution is 7.25. The Morgan fingerprint density at radius 3 is 1.83 bits per heavy atom. The van der Waals surface area contributed by atoms with Gasteiger partial charge in [-0.2, -0.15) is 0 Å². The molecule has 302 valence electrons. The molecule has 0 aliphatic rings. The molecule has 0 aliphatic carbocycles. The third-order valence-corrected chi connectivity index (χ3v) is 14.3. The van der Waals surface area contributed by atoms with Crippen LogP contribution in [0.4, 0.5) is 0 Å². The molecule has 0 bridgehead atoms. The smallest absolute Gasteiger partial charge is 0.143 e. The predicted octanol–water partition coefficient (Wildman–Crippen LogP) is 16.3. The Balaban J connectivity index is 1.10. The van der Waals surface area contributed by atoms with E-state index in [1.807, 2.05) is 0 Å². The minimum atomic E-state index is 0.853. The highest BCUT2D eigenvalue weighted by Gasteiger charge is 2.24. The fraction of sp³-hybridized carbons (Fsp3) is 0. The van der Waals surface area contributed by atoms with Crippen LogP contribution in [0.3, 0.4) is 0 Å². The van der Waals surface area contributed by atoms with Crippen LogP contribution in [-0.4, -0.2) is 19.1 Å². The minimum Gasteiger partial charge on any atom is -0.309 e. The zero-order chi connectivity index (χ0) is 42.6. The monoisotopic (exact) mass is 844 g/mol. The summed E-state index contributed by atoms with van der Waals surface area (Å²) in [5, 5.41) is 10.7. The molecule has 0 fully saturated rings. The summed E-state index contributed by atoms with van der Waals surface area (Å²) in [6.07, 6.45) is 0. The Kier molecular flexibility index (Phi) is 7.82. The molecule has 0 atom stereocenters. The maximum absolute atomic E-state index is 5.79. The van der Waals surface area contributed by atoms with Crippen molar-refractivity contribution in [3.05, 3.63) is 218 Å². The molecule has 0 aliphatic heterocycles. The number of hydrogen-bond donors (Lipinski definition) is 0. The largest absolute Gasteiger partial charge is 0.309 e. The lowest BCUT2D eigenvalue weighted by Gasteiger charge is -2.16. The number of nitrogens with zero attached hydrogens (tertiary/aromatic N) is 4. The quantitative estimate of drug-likeness (QED) is 0.173. The van der Waals surface area contributed by atoms with Gasteiger partial charge in [0.2, 0.25) is 0 Å². The average molecular weight is 845 g/mol. The van der Waals surface area contributed by atoms with E-state index < -0.39 is 0 Å². The SMILES string of the molecule is c1ccc(-c2ccc3c(c2)sc2nc(-c4cccc5c4c4ccccc4n5-c4ccccc4)c(-c4cc(-n5c6ccccc6c6cc7ccccc7cc65)c5ccccc5c4)nc23)cc1. The van der Waals surface area contributed by atoms with Crippen LogP contribution in [0.5, 0.6) is 0 Å². The summed E-state index contributed by atoms with van der Waals surface area (Å²) in [4.78, 5) is 12.5. The van der Waals surface area contributed by atoms with E-state index in [1.54, 1.807) is 11.3 Å². The van der Waals surface area contributed by atoms with Crippen LogP contribution in [-0.2, 0) is 0 Å². The molecule has 14 aromatic rings. The Morgan fingerprint density at radius 2 is 1.02 bits per heavy atom. The summed E-state index contributed by atoms with van der Waals surface area (Å²) < 4.78 is 6.01. The van der Waals surface area contributed by atoms with E-state index in [1.165, 1.54) is 59.2 Å². The first-order valence-corrected chi connectivity index (χ1v) is 22.9. The summed E-state index contributed by atoms with van der Waals surface area (Å²) in [5.41, 5.74) is 13.9. The zero-order valence-corrected chi connectivity index (χ0v) is 35.8. The van der Waals surface area contributed by atoms with Gasteiger partial charge in [-0.25, -0.2) is 9.97 Å². The molecular formula is C60H36N4S. The van der Waals surface area contributed by atoms with Gasteiger partial charge in [-0.05, 0) is 87.9 Å². The molecule has 4 nitrogen and oxygen atoms in total. The van der Waals surface area contributed by atoms with Crippen LogP contribution < -0.4 is 0 Å². The molecule has 0 spiro atoms. The first-order chi connectivity index (χ1) is 32.2. The highest BCUT2D eigenvalue weighted by Crippen LogP contribution is 2.45. The minimum absolute atomic E-state index is 0.853. The molecule has 4 aromatic heterocycles. The molecule has 0 radical (unpaired) electrons. The van der Waals surface area contributed by atoms with Crippen molar-refractivity contribution in [3.63, 3.8) is 0 Å². The number of rotatable bonds is 5. The van der Waals surface area contributed by atoms with Crippen molar-refractivity contribution in [1.82, 2.24) is 19.1 Å². The van der Waals surface area contributed by atoms with Gasteiger partial charge in [0.1, 0.15) is 10.3 Å². The van der Waals surface area contributed by atoms with Crippen LogP contribution in [0, 0.1) is 0 Å². The standard InChI is InChI=1S/C60H36N4S/c1-3-16-37(17-4-1)40-30-31-47-55(36-40)65-60-59(47)61-57(58(62-60)48-26-15-29-52-56(48)46-25-12-14-28-51(46)63(52)43-21-5-2-6-22-43)42-32-41-20-9-10-23-44(41)53(35-42)64-50-27-13-11-24-45(50)49-33-38-18-7-8-19-39(38)34-54(49)64/h1-36H.